The van der Waals surface area contributed by atoms with E-state index < -0.39 is 23.3 Å². The normalized spacial score (nSPS) is 10.7. The van der Waals surface area contributed by atoms with E-state index in [2.05, 4.69) is 31.1 Å². The monoisotopic (exact) mass is 909 g/mol. The molecule has 2 N–H and O–H groups in total. The van der Waals surface area contributed by atoms with Crippen molar-refractivity contribution in [1.82, 2.24) is 0 Å². The third kappa shape index (κ3) is 11.1. The van der Waals surface area contributed by atoms with Gasteiger partial charge in [-0.15, -0.1) is 0 Å². The Morgan fingerprint density at radius 1 is 0.452 bits per heavy atom. The smallest absolute Gasteiger partial charge is 0.871 e. The van der Waals surface area contributed by atoms with Crippen LogP contribution in [0.2, 0.25) is 10.0 Å². The number of nitrogens with one attached hydrogen (secondary N) is 2. The van der Waals surface area contributed by atoms with E-state index >= 15 is 0 Å². The Balaban J connectivity index is 0.000000227. The summed E-state index contributed by atoms with van der Waals surface area (Å²) >= 11 is 11.8. The number of halogens is 2. The van der Waals surface area contributed by atoms with Crippen molar-refractivity contribution in [2.75, 3.05) is 10.6 Å². The van der Waals surface area contributed by atoms with E-state index in [4.69, 9.17) is 23.2 Å². The van der Waals surface area contributed by atoms with E-state index in [1.807, 2.05) is 12.1 Å². The summed E-state index contributed by atoms with van der Waals surface area (Å²) in [4.78, 5) is 25.5. The number of benzene rings is 8. The molecule has 12 nitrogen and oxygen atoms in total. The van der Waals surface area contributed by atoms with Gasteiger partial charge in [0.25, 0.3) is 11.8 Å². The molecule has 0 aliphatic heterocycles. The summed E-state index contributed by atoms with van der Waals surface area (Å²) in [6, 6.07) is 42.9. The zero-order valence-corrected chi connectivity index (χ0v) is 37.0. The number of carbonyl (C=O) groups is 2. The second kappa shape index (κ2) is 21.5. The van der Waals surface area contributed by atoms with Gasteiger partial charge in [0.1, 0.15) is 0 Å². The molecule has 0 aromatic heterocycles. The molecule has 16 heteroatoms. The molecule has 62 heavy (non-hydrogen) atoms. The van der Waals surface area contributed by atoms with Gasteiger partial charge in [0.2, 0.25) is 0 Å². The van der Waals surface area contributed by atoms with Gasteiger partial charge in [0.15, 0.2) is 0 Å². The minimum atomic E-state index is -0.583. The van der Waals surface area contributed by atoms with Gasteiger partial charge < -0.3 is 31.1 Å². The molecule has 2 amide bonds. The second-order valence-electron chi connectivity index (χ2n) is 12.9. The summed E-state index contributed by atoms with van der Waals surface area (Å²) in [5.74, 6) is -3.03. The molecule has 8 aromatic carbocycles. The van der Waals surface area contributed by atoms with Crippen LogP contribution in [0, 0.1) is 0 Å². The Morgan fingerprint density at radius 3 is 1.19 bits per heavy atom. The molecule has 0 heterocycles. The van der Waals surface area contributed by atoms with Crippen LogP contribution in [-0.4, -0.2) is 11.8 Å². The Hall–Kier alpha value is -6.28. The first kappa shape index (κ1) is 46.8. The topological polar surface area (TPSA) is 200 Å². The van der Waals surface area contributed by atoms with Crippen molar-refractivity contribution in [2.45, 2.75) is 0 Å². The molecule has 0 saturated carbocycles. The maximum absolute atomic E-state index is 13.1. The van der Waals surface area contributed by atoms with Crippen molar-refractivity contribution >= 4 is 90.7 Å². The van der Waals surface area contributed by atoms with Crippen molar-refractivity contribution < 1.29 is 76.6 Å². The van der Waals surface area contributed by atoms with Gasteiger partial charge in [0, 0.05) is 43.3 Å². The number of hydrogen-bond donors (Lipinski definition) is 2. The van der Waals surface area contributed by atoms with E-state index in [9.17, 15) is 30.0 Å². The van der Waals surface area contributed by atoms with Crippen LogP contribution < -0.4 is 60.6 Å². The Labute approximate surface area is 397 Å². The minimum absolute atomic E-state index is 0. The summed E-state index contributed by atoms with van der Waals surface area (Å²) in [5.41, 5.74) is 0.952. The zero-order chi connectivity index (χ0) is 42.2. The molecular formula is C46H28Cl2FeN6NaO6. The zero-order valence-electron chi connectivity index (χ0n) is 32.4. The molecule has 0 aliphatic carbocycles. The molecule has 8 aromatic rings. The molecule has 0 bridgehead atoms. The summed E-state index contributed by atoms with van der Waals surface area (Å²) in [6.07, 6.45) is 0. The molecule has 8 rings (SSSR count). The van der Waals surface area contributed by atoms with Crippen molar-refractivity contribution in [3.05, 3.63) is 179 Å². The van der Waals surface area contributed by atoms with E-state index in [-0.39, 0.29) is 92.0 Å². The minimum Gasteiger partial charge on any atom is -0.871 e. The van der Waals surface area contributed by atoms with E-state index in [0.717, 1.165) is 0 Å². The molecule has 0 unspecified atom stereocenters. The molecule has 0 fully saturated rings. The maximum atomic E-state index is 13.1. The SMILES string of the molecule is O=C(Nc1ccccc1)c1cc2ccccc2c(N=Nc2cc(Cl)ccc2[O-])c1[O-].O=C(Nc1ccccc1)c1cc2ccccc2c(N=Nc2cc(Cl)ccc2[O-])c1[O-].[Fe+3].[Na+]. The number of nitrogens with zero attached hydrogens (tertiary/aromatic N) is 4. The van der Waals surface area contributed by atoms with E-state index in [1.165, 1.54) is 48.5 Å². The number of fused-ring (bicyclic) bond motifs is 2. The van der Waals surface area contributed by atoms with Crippen molar-refractivity contribution in [3.63, 3.8) is 0 Å². The largest absolute Gasteiger partial charge is 3.00 e. The van der Waals surface area contributed by atoms with Gasteiger partial charge in [0.05, 0.1) is 22.7 Å². The van der Waals surface area contributed by atoms with Crippen molar-refractivity contribution in [1.29, 1.82) is 0 Å². The van der Waals surface area contributed by atoms with Gasteiger partial charge in [-0.2, -0.15) is 20.5 Å². The fraction of sp³-hybridized carbons (Fsp3) is 0. The quantitative estimate of drug-likeness (QED) is 0.116. The number of amides is 2. The van der Waals surface area contributed by atoms with Crippen LogP contribution in [0.3, 0.4) is 0 Å². The number of carbonyl (C=O) groups excluding carboxylic acids is 2. The Kier molecular flexibility index (Phi) is 16.2. The van der Waals surface area contributed by atoms with Crippen LogP contribution in [0.4, 0.5) is 34.1 Å². The molecule has 0 spiro atoms. The third-order valence-corrected chi connectivity index (χ3v) is 9.33. The van der Waals surface area contributed by atoms with E-state index in [0.29, 0.717) is 43.0 Å². The molecular weight excluding hydrogens is 882 g/mol. The Morgan fingerprint density at radius 2 is 0.806 bits per heavy atom. The molecule has 0 aliphatic rings. The number of para-hydroxylation sites is 2. The van der Waals surface area contributed by atoms with Gasteiger partial charge in [-0.05, 0) is 71.4 Å². The summed E-state index contributed by atoms with van der Waals surface area (Å²) in [7, 11) is 0. The number of azo groups is 2. The fourth-order valence-electron chi connectivity index (χ4n) is 5.94. The first-order valence-electron chi connectivity index (χ1n) is 18.0. The summed E-state index contributed by atoms with van der Waals surface area (Å²) in [5, 5.41) is 74.4. The second-order valence-corrected chi connectivity index (χ2v) is 13.8. The predicted octanol–water partition coefficient (Wildman–Crippen LogP) is 7.62. The van der Waals surface area contributed by atoms with E-state index in [1.54, 1.807) is 97.1 Å². The number of hydrogen-bond acceptors (Lipinski definition) is 10. The number of anilines is 2. The average Bonchev–Trinajstić information content (AvgIpc) is 3.25. The summed E-state index contributed by atoms with van der Waals surface area (Å²) < 4.78 is 0. The number of rotatable bonds is 8. The molecule has 0 saturated heterocycles. The summed E-state index contributed by atoms with van der Waals surface area (Å²) in [6.45, 7) is 0. The van der Waals surface area contributed by atoms with Crippen LogP contribution in [0.1, 0.15) is 20.7 Å². The molecule has 301 valence electrons. The Bertz CT molecular complexity index is 2760. The fourth-order valence-corrected chi connectivity index (χ4v) is 6.27. The first-order valence-corrected chi connectivity index (χ1v) is 18.8. The van der Waals surface area contributed by atoms with Crippen LogP contribution >= 0.6 is 23.2 Å². The van der Waals surface area contributed by atoms with Gasteiger partial charge in [-0.3, -0.25) is 9.59 Å². The first-order chi connectivity index (χ1) is 29.0. The predicted molar refractivity (Wildman–Crippen MR) is 226 cm³/mol. The average molecular weight is 911 g/mol. The van der Waals surface area contributed by atoms with Crippen LogP contribution in [0.15, 0.2) is 178 Å². The van der Waals surface area contributed by atoms with Crippen molar-refractivity contribution in [2.24, 2.45) is 20.5 Å². The third-order valence-electron chi connectivity index (χ3n) is 8.86. The molecule has 0 atom stereocenters. The van der Waals surface area contributed by atoms with Crippen molar-refractivity contribution in [3.8, 4) is 23.0 Å². The van der Waals surface area contributed by atoms with Crippen LogP contribution in [0.5, 0.6) is 23.0 Å². The van der Waals surface area contributed by atoms with Gasteiger partial charge in [-0.1, -0.05) is 143 Å². The van der Waals surface area contributed by atoms with Crippen LogP contribution in [-0.2, 0) is 17.1 Å². The standard InChI is InChI=1S/2C23H16ClN3O3.Fe.Na/c2*24-15-10-11-20(28)19(13-15)26-27-21-17-9-5-4-6-14(17)12-18(22(21)29)23(30)25-16-7-2-1-3-8-16;;/h2*1-13,28-29H,(H,25,30);;/q;;+3;+1/p-4. The maximum Gasteiger partial charge on any atom is 3.00 e. The van der Waals surface area contributed by atoms with Gasteiger partial charge in [-0.25, -0.2) is 0 Å². The van der Waals surface area contributed by atoms with Gasteiger partial charge >= 0.3 is 46.6 Å². The van der Waals surface area contributed by atoms with Crippen LogP contribution in [0.25, 0.3) is 21.5 Å². The molecule has 1 radical (unpaired) electrons.